The first kappa shape index (κ1) is 29.1. The highest BCUT2D eigenvalue weighted by atomic mass is 35.5. The van der Waals surface area contributed by atoms with Crippen molar-refractivity contribution in [3.05, 3.63) is 94.4 Å². The molecule has 0 aliphatic carbocycles. The van der Waals surface area contributed by atoms with Crippen molar-refractivity contribution in [1.82, 2.24) is 19.3 Å². The second kappa shape index (κ2) is 10.3. The third-order valence-corrected chi connectivity index (χ3v) is 8.63. The highest BCUT2D eigenvalue weighted by Crippen LogP contribution is 2.36. The second-order valence-corrected chi connectivity index (χ2v) is 13.7. The van der Waals surface area contributed by atoms with Gasteiger partial charge in [-0.05, 0) is 75.6 Å². The van der Waals surface area contributed by atoms with E-state index in [0.717, 1.165) is 11.7 Å². The molecule has 0 bridgehead atoms. The number of nitrogens with zero attached hydrogens (tertiary/aromatic N) is 4. The molecule has 1 aliphatic rings. The Labute approximate surface area is 254 Å². The van der Waals surface area contributed by atoms with E-state index in [1.54, 1.807) is 48.5 Å². The Morgan fingerprint density at radius 1 is 0.907 bits per heavy atom. The normalized spacial score (nSPS) is 16.1. The Kier molecular flexibility index (Phi) is 7.00. The van der Waals surface area contributed by atoms with Crippen LogP contribution in [0.25, 0.3) is 33.8 Å². The van der Waals surface area contributed by atoms with Gasteiger partial charge in [0.25, 0.3) is 5.56 Å². The summed E-state index contributed by atoms with van der Waals surface area (Å²) >= 11 is 6.15. The first-order chi connectivity index (χ1) is 20.2. The van der Waals surface area contributed by atoms with Crippen LogP contribution in [0.3, 0.4) is 0 Å². The van der Waals surface area contributed by atoms with Gasteiger partial charge in [0.15, 0.2) is 5.65 Å². The highest BCUT2D eigenvalue weighted by molar-refractivity contribution is 7.92. The van der Waals surface area contributed by atoms with Crippen LogP contribution < -0.4 is 15.7 Å². The summed E-state index contributed by atoms with van der Waals surface area (Å²) < 4.78 is 41.5. The maximum atomic E-state index is 14.0. The van der Waals surface area contributed by atoms with Crippen LogP contribution in [0, 0.1) is 0 Å². The van der Waals surface area contributed by atoms with Gasteiger partial charge in [-0.3, -0.25) is 14.1 Å². The lowest BCUT2D eigenvalue weighted by atomic mass is 9.79. The fourth-order valence-corrected chi connectivity index (χ4v) is 5.54. The first-order valence-electron chi connectivity index (χ1n) is 13.5. The zero-order chi connectivity index (χ0) is 30.7. The monoisotopic (exact) mass is 617 g/mol. The molecule has 220 valence electrons. The summed E-state index contributed by atoms with van der Waals surface area (Å²) in [5.41, 5.74) is 2.01. The van der Waals surface area contributed by atoms with Gasteiger partial charge in [-0.25, -0.2) is 18.1 Å². The molecule has 43 heavy (non-hydrogen) atoms. The Bertz CT molecular complexity index is 2010. The number of sulfonamides is 1. The molecule has 0 spiro atoms. The lowest BCUT2D eigenvalue weighted by molar-refractivity contribution is 0.00578. The number of hydrogen-bond donors (Lipinski definition) is 1. The molecule has 0 atom stereocenters. The minimum absolute atomic E-state index is 0.286. The summed E-state index contributed by atoms with van der Waals surface area (Å²) in [6, 6.07) is 21.2. The van der Waals surface area contributed by atoms with Crippen LogP contribution in [0.5, 0.6) is 0 Å². The molecular formula is C30H29BClN5O5S. The van der Waals surface area contributed by atoms with Crippen LogP contribution in [0.2, 0.25) is 5.02 Å². The van der Waals surface area contributed by atoms with Gasteiger partial charge in [-0.2, -0.15) is 5.10 Å². The number of nitrogens with one attached hydrogen (secondary N) is 1. The van der Waals surface area contributed by atoms with E-state index < -0.39 is 28.3 Å². The predicted octanol–water partition coefficient (Wildman–Crippen LogP) is 4.56. The lowest BCUT2D eigenvalue weighted by Gasteiger charge is -2.32. The average molecular weight is 618 g/mol. The molecule has 10 nitrogen and oxygen atoms in total. The second-order valence-electron chi connectivity index (χ2n) is 11.5. The summed E-state index contributed by atoms with van der Waals surface area (Å²) in [4.78, 5) is 19.0. The molecule has 6 rings (SSSR count). The number of halogens is 1. The molecule has 5 aromatic rings. The Balaban J connectivity index is 1.50. The minimum atomic E-state index is -3.49. The molecule has 1 N–H and O–H groups in total. The van der Waals surface area contributed by atoms with Gasteiger partial charge < -0.3 is 9.31 Å². The van der Waals surface area contributed by atoms with Crippen LogP contribution in [0.15, 0.2) is 83.8 Å². The van der Waals surface area contributed by atoms with E-state index in [1.807, 2.05) is 52.0 Å². The molecule has 0 unspecified atom stereocenters. The molecule has 1 fully saturated rings. The molecule has 2 aromatic heterocycles. The van der Waals surface area contributed by atoms with E-state index in [9.17, 15) is 13.2 Å². The van der Waals surface area contributed by atoms with Crippen molar-refractivity contribution in [2.75, 3.05) is 11.0 Å². The van der Waals surface area contributed by atoms with Gasteiger partial charge in [0.05, 0.1) is 40.7 Å². The fraction of sp³-hybridized carbons (Fsp3) is 0.233. The molecule has 0 radical (unpaired) electrons. The van der Waals surface area contributed by atoms with E-state index in [0.29, 0.717) is 39.1 Å². The maximum Gasteiger partial charge on any atom is 0.494 e. The van der Waals surface area contributed by atoms with Crippen LogP contribution in [0.1, 0.15) is 27.7 Å². The van der Waals surface area contributed by atoms with E-state index >= 15 is 0 Å². The third kappa shape index (κ3) is 5.47. The third-order valence-electron chi connectivity index (χ3n) is 7.77. The summed E-state index contributed by atoms with van der Waals surface area (Å²) in [5, 5.41) is 5.27. The van der Waals surface area contributed by atoms with Crippen LogP contribution in [0.4, 0.5) is 5.69 Å². The Morgan fingerprint density at radius 2 is 1.56 bits per heavy atom. The van der Waals surface area contributed by atoms with Gasteiger partial charge in [-0.15, -0.1) is 0 Å². The summed E-state index contributed by atoms with van der Waals surface area (Å²) in [5.74, 6) is 0.382. The molecule has 3 aromatic carbocycles. The maximum absolute atomic E-state index is 14.0. The largest absolute Gasteiger partial charge is 0.494 e. The van der Waals surface area contributed by atoms with E-state index in [-0.39, 0.29) is 10.9 Å². The summed E-state index contributed by atoms with van der Waals surface area (Å²) in [7, 11) is -4.03. The number of rotatable bonds is 6. The number of anilines is 1. The first-order valence-corrected chi connectivity index (χ1v) is 15.8. The van der Waals surface area contributed by atoms with Gasteiger partial charge in [-0.1, -0.05) is 41.9 Å². The Hall–Kier alpha value is -3.97. The molecule has 1 aliphatic heterocycles. The van der Waals surface area contributed by atoms with E-state index in [4.69, 9.17) is 25.9 Å². The van der Waals surface area contributed by atoms with E-state index in [2.05, 4.69) is 9.82 Å². The minimum Gasteiger partial charge on any atom is -0.399 e. The Morgan fingerprint density at radius 3 is 2.19 bits per heavy atom. The standard InChI is InChI=1S/C30H29BClN5O5S/c1-29(2)30(3,4)42-31(41-29)20-11-9-19(10-12-20)26-34-27-25(28(38)36(26)23-15-13-21(32)14-16-23)18-33-37(27)24-8-6-7-22(17-24)35-43(5,39)40/h6-18,35H,1-5H3. The van der Waals surface area contributed by atoms with Crippen molar-refractivity contribution >= 4 is 50.9 Å². The number of benzene rings is 3. The SMILES string of the molecule is CC1(C)OB(c2ccc(-c3nc4c(cnn4-c4cccc(NS(C)(=O)=O)c4)c(=O)n3-c3ccc(Cl)cc3)cc2)OC1(C)C. The van der Waals surface area contributed by atoms with Gasteiger partial charge in [0, 0.05) is 10.6 Å². The predicted molar refractivity (Wildman–Crippen MR) is 169 cm³/mol. The van der Waals surface area contributed by atoms with Crippen molar-refractivity contribution in [3.8, 4) is 22.8 Å². The number of fused-ring (bicyclic) bond motifs is 1. The van der Waals surface area contributed by atoms with Crippen LogP contribution in [-0.4, -0.2) is 52.3 Å². The summed E-state index contributed by atoms with van der Waals surface area (Å²) in [6.07, 6.45) is 2.53. The van der Waals surface area contributed by atoms with Crippen LogP contribution >= 0.6 is 11.6 Å². The smallest absolute Gasteiger partial charge is 0.399 e. The van der Waals surface area contributed by atoms with Gasteiger partial charge in [0.1, 0.15) is 11.2 Å². The lowest BCUT2D eigenvalue weighted by Crippen LogP contribution is -2.41. The van der Waals surface area contributed by atoms with Crippen molar-refractivity contribution in [3.63, 3.8) is 0 Å². The number of aromatic nitrogens is 4. The van der Waals surface area contributed by atoms with Crippen LogP contribution in [-0.2, 0) is 19.3 Å². The van der Waals surface area contributed by atoms with E-state index in [1.165, 1.54) is 15.4 Å². The molecular weight excluding hydrogens is 589 g/mol. The van der Waals surface area contributed by atoms with Gasteiger partial charge in [0.2, 0.25) is 10.0 Å². The topological polar surface area (TPSA) is 117 Å². The zero-order valence-corrected chi connectivity index (χ0v) is 25.8. The highest BCUT2D eigenvalue weighted by Gasteiger charge is 2.51. The quantitative estimate of drug-likeness (QED) is 0.278. The molecule has 13 heteroatoms. The van der Waals surface area contributed by atoms with Crippen molar-refractivity contribution in [1.29, 1.82) is 0 Å². The average Bonchev–Trinajstić information content (AvgIpc) is 3.46. The fourth-order valence-electron chi connectivity index (χ4n) is 4.86. The molecule has 0 amide bonds. The molecule has 1 saturated heterocycles. The van der Waals surface area contributed by atoms with Crippen molar-refractivity contribution < 1.29 is 17.7 Å². The zero-order valence-electron chi connectivity index (χ0n) is 24.2. The number of hydrogen-bond acceptors (Lipinski definition) is 7. The molecule has 0 saturated carbocycles. The van der Waals surface area contributed by atoms with Crippen molar-refractivity contribution in [2.24, 2.45) is 0 Å². The van der Waals surface area contributed by atoms with Gasteiger partial charge >= 0.3 is 7.12 Å². The van der Waals surface area contributed by atoms with Crippen molar-refractivity contribution in [2.45, 2.75) is 38.9 Å². The molecule has 3 heterocycles. The summed E-state index contributed by atoms with van der Waals surface area (Å²) in [6.45, 7) is 8.01.